The van der Waals surface area contributed by atoms with Gasteiger partial charge in [0.25, 0.3) is 0 Å². The zero-order valence-electron chi connectivity index (χ0n) is 10.8. The van der Waals surface area contributed by atoms with E-state index in [-0.39, 0.29) is 5.54 Å². The monoisotopic (exact) mass is 252 g/mol. The first kappa shape index (κ1) is 12.7. The van der Waals surface area contributed by atoms with Crippen molar-refractivity contribution >= 4 is 17.3 Å². The predicted molar refractivity (Wildman–Crippen MR) is 75.0 cm³/mol. The molecule has 1 atom stereocenters. The van der Waals surface area contributed by atoms with Crippen LogP contribution in [0.15, 0.2) is 24.3 Å². The van der Waals surface area contributed by atoms with E-state index in [4.69, 9.17) is 11.6 Å². The van der Waals surface area contributed by atoms with Crippen molar-refractivity contribution in [1.29, 1.82) is 0 Å². The number of hydrogen-bond donors (Lipinski definition) is 1. The third-order valence-electron chi connectivity index (χ3n) is 3.91. The second-order valence-electron chi connectivity index (χ2n) is 5.27. The Labute approximate surface area is 109 Å². The summed E-state index contributed by atoms with van der Waals surface area (Å²) in [4.78, 5) is 2.48. The fraction of sp³-hybridized carbons (Fsp3) is 0.571. The Hall–Kier alpha value is -0.730. The van der Waals surface area contributed by atoms with Gasteiger partial charge in [-0.1, -0.05) is 11.6 Å². The summed E-state index contributed by atoms with van der Waals surface area (Å²) in [5.41, 5.74) is 1.40. The van der Waals surface area contributed by atoms with Crippen LogP contribution in [0.5, 0.6) is 0 Å². The van der Waals surface area contributed by atoms with Crippen LogP contribution in [0, 0.1) is 0 Å². The highest BCUT2D eigenvalue weighted by Gasteiger charge is 2.37. The van der Waals surface area contributed by atoms with Crippen LogP contribution in [0.2, 0.25) is 5.02 Å². The molecule has 0 aliphatic carbocycles. The maximum atomic E-state index is 5.95. The van der Waals surface area contributed by atoms with Gasteiger partial charge in [0.1, 0.15) is 0 Å². The Morgan fingerprint density at radius 2 is 1.94 bits per heavy atom. The van der Waals surface area contributed by atoms with Crippen molar-refractivity contribution in [2.45, 2.75) is 38.3 Å². The van der Waals surface area contributed by atoms with Gasteiger partial charge in [-0.15, -0.1) is 0 Å². The highest BCUT2D eigenvalue weighted by Crippen LogP contribution is 2.33. The molecule has 2 rings (SSSR count). The number of nitrogens with one attached hydrogen (secondary N) is 1. The molecule has 0 amide bonds. The summed E-state index contributed by atoms with van der Waals surface area (Å²) in [6, 6.07) is 8.70. The van der Waals surface area contributed by atoms with E-state index >= 15 is 0 Å². The van der Waals surface area contributed by atoms with Gasteiger partial charge in [0, 0.05) is 28.8 Å². The molecule has 1 heterocycles. The highest BCUT2D eigenvalue weighted by molar-refractivity contribution is 6.30. The Balaban J connectivity index is 2.27. The molecule has 1 saturated heterocycles. The van der Waals surface area contributed by atoms with Crippen LogP contribution in [0.3, 0.4) is 0 Å². The highest BCUT2D eigenvalue weighted by atomic mass is 35.5. The number of nitrogens with zero attached hydrogens (tertiary/aromatic N) is 1. The fourth-order valence-electron chi connectivity index (χ4n) is 2.86. The minimum absolute atomic E-state index is 0.140. The molecule has 1 aromatic rings. The van der Waals surface area contributed by atoms with E-state index in [2.05, 4.69) is 43.2 Å². The second-order valence-corrected chi connectivity index (χ2v) is 5.70. The number of likely N-dealkylation sites (N-methyl/N-ethyl adjacent to an activating group) is 1. The molecule has 0 spiro atoms. The lowest BCUT2D eigenvalue weighted by atomic mass is 9.84. The van der Waals surface area contributed by atoms with Gasteiger partial charge in [0.2, 0.25) is 0 Å². The molecular formula is C14H21ClN2. The molecule has 0 aromatic heterocycles. The van der Waals surface area contributed by atoms with E-state index in [1.54, 1.807) is 0 Å². The maximum absolute atomic E-state index is 5.95. The van der Waals surface area contributed by atoms with Gasteiger partial charge >= 0.3 is 0 Å². The van der Waals surface area contributed by atoms with Crippen LogP contribution in [0.1, 0.15) is 26.7 Å². The van der Waals surface area contributed by atoms with E-state index in [1.807, 2.05) is 12.1 Å². The van der Waals surface area contributed by atoms with Gasteiger partial charge < -0.3 is 10.2 Å². The van der Waals surface area contributed by atoms with Crippen molar-refractivity contribution in [3.05, 3.63) is 29.3 Å². The topological polar surface area (TPSA) is 15.3 Å². The average molecular weight is 253 g/mol. The summed E-state index contributed by atoms with van der Waals surface area (Å²) in [5, 5.41) is 4.24. The zero-order valence-corrected chi connectivity index (χ0v) is 11.6. The number of rotatable bonds is 2. The van der Waals surface area contributed by atoms with Crippen LogP contribution in [0.25, 0.3) is 0 Å². The summed E-state index contributed by atoms with van der Waals surface area (Å²) in [7, 11) is 2.05. The minimum atomic E-state index is 0.140. The molecule has 0 radical (unpaired) electrons. The third-order valence-corrected chi connectivity index (χ3v) is 4.16. The molecule has 1 aliphatic rings. The first-order chi connectivity index (χ1) is 8.05. The summed E-state index contributed by atoms with van der Waals surface area (Å²) in [5.74, 6) is 0. The van der Waals surface area contributed by atoms with Gasteiger partial charge in [-0.3, -0.25) is 0 Å². The summed E-state index contributed by atoms with van der Waals surface area (Å²) in [6.07, 6.45) is 2.48. The normalized spacial score (nSPS) is 23.8. The SMILES string of the molecule is CNC1CCCN(c2ccc(Cl)cc2)C1(C)C. The van der Waals surface area contributed by atoms with E-state index < -0.39 is 0 Å². The number of hydrogen-bond acceptors (Lipinski definition) is 2. The lowest BCUT2D eigenvalue weighted by molar-refractivity contribution is 0.275. The van der Waals surface area contributed by atoms with Gasteiger partial charge in [-0.2, -0.15) is 0 Å². The van der Waals surface area contributed by atoms with Gasteiger partial charge in [0.15, 0.2) is 0 Å². The Morgan fingerprint density at radius 3 is 2.53 bits per heavy atom. The quantitative estimate of drug-likeness (QED) is 0.869. The van der Waals surface area contributed by atoms with Crippen LogP contribution >= 0.6 is 11.6 Å². The van der Waals surface area contributed by atoms with Crippen molar-refractivity contribution in [3.8, 4) is 0 Å². The number of benzene rings is 1. The van der Waals surface area contributed by atoms with E-state index in [0.717, 1.165) is 11.6 Å². The molecule has 2 nitrogen and oxygen atoms in total. The maximum Gasteiger partial charge on any atom is 0.0498 e. The Bertz CT molecular complexity index is 372. The third kappa shape index (κ3) is 2.43. The molecular weight excluding hydrogens is 232 g/mol. The van der Waals surface area contributed by atoms with Crippen LogP contribution in [0.4, 0.5) is 5.69 Å². The van der Waals surface area contributed by atoms with Gasteiger partial charge in [-0.05, 0) is 58.0 Å². The molecule has 17 heavy (non-hydrogen) atoms. The second kappa shape index (κ2) is 4.87. The van der Waals surface area contributed by atoms with Crippen molar-refractivity contribution < 1.29 is 0 Å². The minimum Gasteiger partial charge on any atom is -0.365 e. The van der Waals surface area contributed by atoms with Crippen LogP contribution in [-0.4, -0.2) is 25.2 Å². The molecule has 0 bridgehead atoms. The van der Waals surface area contributed by atoms with Crippen molar-refractivity contribution in [1.82, 2.24) is 5.32 Å². The summed E-state index contributed by atoms with van der Waals surface area (Å²) in [6.45, 7) is 5.73. The number of piperidine rings is 1. The first-order valence-electron chi connectivity index (χ1n) is 6.26. The number of anilines is 1. The molecule has 1 unspecified atom stereocenters. The van der Waals surface area contributed by atoms with Crippen LogP contribution < -0.4 is 10.2 Å². The Morgan fingerprint density at radius 1 is 1.29 bits per heavy atom. The average Bonchev–Trinajstić information content (AvgIpc) is 2.30. The first-order valence-corrected chi connectivity index (χ1v) is 6.64. The molecule has 0 saturated carbocycles. The standard InChI is InChI=1S/C14H21ClN2/c1-14(2)13(16-3)5-4-10-17(14)12-8-6-11(15)7-9-12/h6-9,13,16H,4-5,10H2,1-3H3. The molecule has 1 aliphatic heterocycles. The van der Waals surface area contributed by atoms with Crippen molar-refractivity contribution in [3.63, 3.8) is 0 Å². The molecule has 1 fully saturated rings. The predicted octanol–water partition coefficient (Wildman–Crippen LogP) is 3.31. The molecule has 1 aromatic carbocycles. The van der Waals surface area contributed by atoms with Crippen molar-refractivity contribution in [2.75, 3.05) is 18.5 Å². The summed E-state index contributed by atoms with van der Waals surface area (Å²) >= 11 is 5.95. The lowest BCUT2D eigenvalue weighted by Crippen LogP contribution is -2.60. The Kier molecular flexibility index (Phi) is 3.64. The van der Waals surface area contributed by atoms with E-state index in [1.165, 1.54) is 18.5 Å². The van der Waals surface area contributed by atoms with E-state index in [0.29, 0.717) is 6.04 Å². The smallest absolute Gasteiger partial charge is 0.0498 e. The molecule has 94 valence electrons. The van der Waals surface area contributed by atoms with Crippen LogP contribution in [-0.2, 0) is 0 Å². The largest absolute Gasteiger partial charge is 0.365 e. The van der Waals surface area contributed by atoms with Crippen molar-refractivity contribution in [2.24, 2.45) is 0 Å². The molecule has 1 N–H and O–H groups in total. The van der Waals surface area contributed by atoms with E-state index in [9.17, 15) is 0 Å². The number of halogens is 1. The summed E-state index contributed by atoms with van der Waals surface area (Å²) < 4.78 is 0. The van der Waals surface area contributed by atoms with Gasteiger partial charge in [0.05, 0.1) is 0 Å². The fourth-order valence-corrected chi connectivity index (χ4v) is 2.99. The molecule has 3 heteroatoms. The zero-order chi connectivity index (χ0) is 12.5. The lowest BCUT2D eigenvalue weighted by Gasteiger charge is -2.49. The van der Waals surface area contributed by atoms with Gasteiger partial charge in [-0.25, -0.2) is 0 Å².